The third kappa shape index (κ3) is 9.80. The van der Waals surface area contributed by atoms with Crippen LogP contribution in [0.4, 0.5) is 0 Å². The van der Waals surface area contributed by atoms with Crippen LogP contribution in [0.15, 0.2) is 85.1 Å². The summed E-state index contributed by atoms with van der Waals surface area (Å²) in [5, 5.41) is 12.4. The maximum atomic E-state index is 14.2. The van der Waals surface area contributed by atoms with Crippen molar-refractivity contribution in [2.75, 3.05) is 46.4 Å². The molecule has 0 aliphatic carbocycles. The molecule has 1 saturated heterocycles. The van der Waals surface area contributed by atoms with Gasteiger partial charge >= 0.3 is 0 Å². The molecular formula is C40H47N7O6. The third-order valence-corrected chi connectivity index (χ3v) is 9.70. The highest BCUT2D eigenvalue weighted by molar-refractivity contribution is 6.01. The van der Waals surface area contributed by atoms with Crippen LogP contribution in [0.5, 0.6) is 5.75 Å². The third-order valence-electron chi connectivity index (χ3n) is 9.70. The second-order valence-corrected chi connectivity index (χ2v) is 13.6. The van der Waals surface area contributed by atoms with Crippen molar-refractivity contribution in [3.05, 3.63) is 102 Å². The molecule has 3 aromatic carbocycles. The predicted octanol–water partition coefficient (Wildman–Crippen LogP) is 2.17. The molecule has 0 spiro atoms. The molecule has 0 saturated carbocycles. The van der Waals surface area contributed by atoms with Crippen LogP contribution < -0.4 is 26.0 Å². The Kier molecular flexibility index (Phi) is 12.4. The van der Waals surface area contributed by atoms with Gasteiger partial charge in [-0.25, -0.2) is 0 Å². The van der Waals surface area contributed by atoms with E-state index in [0.717, 1.165) is 35.0 Å². The number of aromatic nitrogens is 1. The molecule has 5 N–H and O–H groups in total. The first-order chi connectivity index (χ1) is 25.7. The van der Waals surface area contributed by atoms with Crippen molar-refractivity contribution in [3.63, 3.8) is 0 Å². The molecule has 13 heteroatoms. The van der Waals surface area contributed by atoms with Crippen molar-refractivity contribution in [2.24, 2.45) is 0 Å². The lowest BCUT2D eigenvalue weighted by Crippen LogP contribution is -2.56. The van der Waals surface area contributed by atoms with Crippen LogP contribution in [-0.4, -0.2) is 109 Å². The van der Waals surface area contributed by atoms with E-state index >= 15 is 0 Å². The number of para-hydroxylation sites is 2. The van der Waals surface area contributed by atoms with Crippen molar-refractivity contribution in [3.8, 4) is 5.75 Å². The highest BCUT2D eigenvalue weighted by Gasteiger charge is 2.33. The summed E-state index contributed by atoms with van der Waals surface area (Å²) in [5.41, 5.74) is 2.73. The van der Waals surface area contributed by atoms with Crippen molar-refractivity contribution >= 4 is 40.4 Å². The largest absolute Gasteiger partial charge is 0.493 e. The molecule has 3 heterocycles. The Morgan fingerprint density at radius 3 is 2.38 bits per heavy atom. The molecule has 0 radical (unpaired) electrons. The summed E-state index contributed by atoms with van der Waals surface area (Å²) in [4.78, 5) is 76.7. The first kappa shape index (κ1) is 37.1. The molecule has 53 heavy (non-hydrogen) atoms. The maximum Gasteiger partial charge on any atom is 0.255 e. The van der Waals surface area contributed by atoms with Gasteiger partial charge < -0.3 is 40.8 Å². The van der Waals surface area contributed by atoms with Gasteiger partial charge in [-0.05, 0) is 55.8 Å². The molecule has 13 nitrogen and oxygen atoms in total. The summed E-state index contributed by atoms with van der Waals surface area (Å²) in [7, 11) is 1.99. The van der Waals surface area contributed by atoms with E-state index in [1.165, 1.54) is 0 Å². The summed E-state index contributed by atoms with van der Waals surface area (Å²) >= 11 is 0. The highest BCUT2D eigenvalue weighted by atomic mass is 16.5. The zero-order valence-corrected chi connectivity index (χ0v) is 29.9. The molecule has 0 unspecified atom stereocenters. The number of carbonyl (C=O) groups excluding carboxylic acids is 5. The van der Waals surface area contributed by atoms with Gasteiger partial charge in [0.15, 0.2) is 0 Å². The number of hydrogen-bond donors (Lipinski definition) is 5. The number of fused-ring (bicyclic) bond motifs is 2. The predicted molar refractivity (Wildman–Crippen MR) is 200 cm³/mol. The molecule has 2 aliphatic heterocycles. The number of likely N-dealkylation sites (N-methyl/N-ethyl adjacent to an activating group) is 1. The molecular weight excluding hydrogens is 674 g/mol. The lowest BCUT2D eigenvalue weighted by molar-refractivity contribution is -0.136. The molecule has 3 atom stereocenters. The Morgan fingerprint density at radius 1 is 0.774 bits per heavy atom. The zero-order valence-electron chi connectivity index (χ0n) is 29.9. The van der Waals surface area contributed by atoms with Gasteiger partial charge in [0, 0.05) is 56.1 Å². The van der Waals surface area contributed by atoms with E-state index in [9.17, 15) is 24.0 Å². The van der Waals surface area contributed by atoms with E-state index in [1.54, 1.807) is 35.4 Å². The molecule has 0 bridgehead atoms. The zero-order chi connectivity index (χ0) is 37.2. The molecule has 278 valence electrons. The number of H-pyrrole nitrogens is 1. The fourth-order valence-electron chi connectivity index (χ4n) is 6.79. The number of aromatic amines is 1. The van der Waals surface area contributed by atoms with E-state index in [1.807, 2.05) is 61.6 Å². The first-order valence-electron chi connectivity index (χ1n) is 18.2. The molecule has 2 aliphatic rings. The monoisotopic (exact) mass is 721 g/mol. The summed E-state index contributed by atoms with van der Waals surface area (Å²) in [6.45, 7) is 2.84. The van der Waals surface area contributed by atoms with Crippen LogP contribution in [0, 0.1) is 0 Å². The second-order valence-electron chi connectivity index (χ2n) is 13.6. The molecule has 5 amide bonds. The van der Waals surface area contributed by atoms with E-state index < -0.39 is 42.3 Å². The summed E-state index contributed by atoms with van der Waals surface area (Å²) in [6, 6.07) is 20.5. The summed E-state index contributed by atoms with van der Waals surface area (Å²) < 4.78 is 5.97. The van der Waals surface area contributed by atoms with Gasteiger partial charge in [-0.3, -0.25) is 24.0 Å². The van der Waals surface area contributed by atoms with E-state index in [0.29, 0.717) is 31.8 Å². The Balaban J connectivity index is 1.33. The Bertz CT molecular complexity index is 1910. The fourth-order valence-corrected chi connectivity index (χ4v) is 6.79. The average molecular weight is 722 g/mol. The minimum atomic E-state index is -1.22. The van der Waals surface area contributed by atoms with Gasteiger partial charge in [0.1, 0.15) is 23.9 Å². The van der Waals surface area contributed by atoms with Crippen LogP contribution in [0.2, 0.25) is 0 Å². The maximum absolute atomic E-state index is 14.2. The number of nitrogens with zero attached hydrogens (tertiary/aromatic N) is 2. The van der Waals surface area contributed by atoms with Gasteiger partial charge in [0.05, 0.1) is 18.6 Å². The number of nitrogens with one attached hydrogen (secondary N) is 5. The van der Waals surface area contributed by atoms with E-state index in [2.05, 4.69) is 31.2 Å². The Morgan fingerprint density at radius 2 is 1.53 bits per heavy atom. The van der Waals surface area contributed by atoms with Crippen LogP contribution in [0.25, 0.3) is 10.9 Å². The smallest absolute Gasteiger partial charge is 0.255 e. The van der Waals surface area contributed by atoms with Crippen molar-refractivity contribution in [2.45, 2.75) is 50.2 Å². The van der Waals surface area contributed by atoms with Gasteiger partial charge in [-0.15, -0.1) is 0 Å². The normalized spacial score (nSPS) is 21.5. The Labute approximate surface area is 308 Å². The lowest BCUT2D eigenvalue weighted by Gasteiger charge is -2.28. The van der Waals surface area contributed by atoms with Crippen molar-refractivity contribution < 1.29 is 28.7 Å². The van der Waals surface area contributed by atoms with Crippen molar-refractivity contribution in [1.82, 2.24) is 36.1 Å². The molecule has 1 fully saturated rings. The topological polar surface area (TPSA) is 165 Å². The number of carbonyl (C=O) groups is 5. The van der Waals surface area contributed by atoms with E-state index in [-0.39, 0.29) is 43.4 Å². The summed E-state index contributed by atoms with van der Waals surface area (Å²) in [5.74, 6) is -2.17. The fraction of sp³-hybridized carbons (Fsp3) is 0.375. The quantitative estimate of drug-likeness (QED) is 0.211. The number of amides is 5. The van der Waals surface area contributed by atoms with Crippen LogP contribution in [0.1, 0.15) is 40.7 Å². The van der Waals surface area contributed by atoms with Gasteiger partial charge in [-0.2, -0.15) is 0 Å². The molecule has 1 aromatic heterocycles. The minimum absolute atomic E-state index is 0.107. The second kappa shape index (κ2) is 17.7. The van der Waals surface area contributed by atoms with Crippen LogP contribution in [-0.2, 0) is 32.0 Å². The van der Waals surface area contributed by atoms with Gasteiger partial charge in [0.25, 0.3) is 5.91 Å². The molecule has 6 rings (SSSR count). The van der Waals surface area contributed by atoms with Crippen LogP contribution >= 0.6 is 0 Å². The molecule has 4 aromatic rings. The number of benzene rings is 3. The Hall–Kier alpha value is -5.69. The SMILES string of the molecule is CN1CCCN(C(=O)[C@@H]2CC(=O)N[C@@H](Cc3c[nH]c4ccccc34)C(=O)N[C@@H](Cc3ccccc3)C(=O)NCCCOc3ccccc3C(=O)N2)CC1. The number of ether oxygens (including phenoxy) is 1. The number of rotatable bonds is 5. The first-order valence-corrected chi connectivity index (χ1v) is 18.2. The summed E-state index contributed by atoms with van der Waals surface area (Å²) in [6.07, 6.45) is 2.89. The highest BCUT2D eigenvalue weighted by Crippen LogP contribution is 2.21. The van der Waals surface area contributed by atoms with Crippen molar-refractivity contribution in [1.29, 1.82) is 0 Å². The van der Waals surface area contributed by atoms with E-state index in [4.69, 9.17) is 4.74 Å². The standard InChI is InChI=1S/C40H47N7O6/c1-46-18-10-19-47(21-20-46)40(52)34-25-36(48)43-33(24-28-26-42-31-15-7-5-13-29(28)31)39(51)44-32(23-27-11-3-2-4-12-27)38(50)41-17-9-22-53-35-16-8-6-14-30(35)37(49)45-34/h2-8,11-16,26,32-34,42H,9-10,17-25H2,1H3,(H,41,50)(H,43,48)(H,44,51)(H,45,49)/t32-,33-,34-/m0/s1. The lowest BCUT2D eigenvalue weighted by atomic mass is 10.0. The average Bonchev–Trinajstić information content (AvgIpc) is 3.44. The minimum Gasteiger partial charge on any atom is -0.493 e. The van der Waals surface area contributed by atoms with Crippen LogP contribution in [0.3, 0.4) is 0 Å². The van der Waals surface area contributed by atoms with Gasteiger partial charge in [-0.1, -0.05) is 60.7 Å². The van der Waals surface area contributed by atoms with Gasteiger partial charge in [0.2, 0.25) is 23.6 Å². The number of hydrogen-bond acceptors (Lipinski definition) is 7.